The Morgan fingerprint density at radius 3 is 2.64 bits per heavy atom. The van der Waals surface area contributed by atoms with Gasteiger partial charge in [0.15, 0.2) is 0 Å². The van der Waals surface area contributed by atoms with Crippen LogP contribution in [0.25, 0.3) is 10.2 Å². The number of fused-ring (bicyclic) bond motifs is 1. The molecule has 1 amide bonds. The van der Waals surface area contributed by atoms with Gasteiger partial charge in [-0.15, -0.1) is 11.3 Å². The second-order valence-corrected chi connectivity index (χ2v) is 11.7. The van der Waals surface area contributed by atoms with Crippen LogP contribution in [0, 0.1) is 0 Å². The van der Waals surface area contributed by atoms with E-state index >= 15 is 0 Å². The molecular formula is C24H28N4O3S2. The van der Waals surface area contributed by atoms with Crippen LogP contribution in [0.4, 0.5) is 5.69 Å². The first-order valence-electron chi connectivity index (χ1n) is 11.5. The average molecular weight is 485 g/mol. The number of sulfonamides is 1. The van der Waals surface area contributed by atoms with Crippen LogP contribution in [0.5, 0.6) is 0 Å². The number of hydrogen-bond donors (Lipinski definition) is 1. The minimum absolute atomic E-state index is 0.128. The molecule has 1 aromatic heterocycles. The number of aromatic nitrogens is 1. The van der Waals surface area contributed by atoms with Gasteiger partial charge in [0.2, 0.25) is 15.9 Å². The van der Waals surface area contributed by atoms with Crippen molar-refractivity contribution < 1.29 is 13.2 Å². The standard InChI is InChI=1S/C24H28N4O3S2/c29-23(25-18-8-7-9-19(16-18)33(30,31)28-14-5-6-15-28)17-27-13-4-3-11-21(27)24-26-20-10-1-2-12-22(20)32-24/h1-2,7-10,12,16,21H,3-6,11,13-15,17H2,(H,25,29)/t21-/m0/s1. The van der Waals surface area contributed by atoms with E-state index < -0.39 is 10.0 Å². The summed E-state index contributed by atoms with van der Waals surface area (Å²) >= 11 is 1.70. The molecule has 2 saturated heterocycles. The van der Waals surface area contributed by atoms with E-state index in [-0.39, 0.29) is 23.4 Å². The highest BCUT2D eigenvalue weighted by Crippen LogP contribution is 2.35. The Kier molecular flexibility index (Phi) is 6.47. The van der Waals surface area contributed by atoms with Crippen LogP contribution in [0.1, 0.15) is 43.2 Å². The molecule has 33 heavy (non-hydrogen) atoms. The van der Waals surface area contributed by atoms with Gasteiger partial charge in [-0.25, -0.2) is 13.4 Å². The largest absolute Gasteiger partial charge is 0.325 e. The number of nitrogens with one attached hydrogen (secondary N) is 1. The number of likely N-dealkylation sites (tertiary alicyclic amines) is 1. The Bertz CT molecular complexity index is 1220. The zero-order chi connectivity index (χ0) is 22.8. The number of para-hydroxylation sites is 1. The van der Waals surface area contributed by atoms with Crippen molar-refractivity contribution in [2.75, 3.05) is 31.5 Å². The number of rotatable bonds is 6. The maximum Gasteiger partial charge on any atom is 0.243 e. The third-order valence-corrected chi connectivity index (χ3v) is 9.41. The Labute approximate surface area is 198 Å². The van der Waals surface area contributed by atoms with E-state index in [1.807, 2.05) is 18.2 Å². The van der Waals surface area contributed by atoms with Crippen molar-refractivity contribution in [3.63, 3.8) is 0 Å². The van der Waals surface area contributed by atoms with E-state index in [2.05, 4.69) is 16.3 Å². The SMILES string of the molecule is O=C(CN1CCCC[C@H]1c1nc2ccccc2s1)Nc1cccc(S(=O)(=O)N2CCCC2)c1. The van der Waals surface area contributed by atoms with Gasteiger partial charge in [0, 0.05) is 18.8 Å². The van der Waals surface area contributed by atoms with Gasteiger partial charge in [0.05, 0.1) is 27.7 Å². The molecule has 7 nitrogen and oxygen atoms in total. The van der Waals surface area contributed by atoms with E-state index in [4.69, 9.17) is 4.98 Å². The molecule has 1 N–H and O–H groups in total. The van der Waals surface area contributed by atoms with Gasteiger partial charge >= 0.3 is 0 Å². The van der Waals surface area contributed by atoms with E-state index in [1.54, 1.807) is 35.6 Å². The summed E-state index contributed by atoms with van der Waals surface area (Å²) in [5, 5.41) is 3.97. The molecule has 2 aliphatic rings. The maximum absolute atomic E-state index is 12.9. The number of nitrogens with zero attached hydrogens (tertiary/aromatic N) is 3. The molecule has 174 valence electrons. The summed E-state index contributed by atoms with van der Waals surface area (Å²) in [5.74, 6) is -0.140. The first-order chi connectivity index (χ1) is 16.0. The molecule has 0 radical (unpaired) electrons. The monoisotopic (exact) mass is 484 g/mol. The number of amides is 1. The number of thiazole rings is 1. The molecule has 0 unspecified atom stereocenters. The summed E-state index contributed by atoms with van der Waals surface area (Å²) in [5.41, 5.74) is 1.51. The summed E-state index contributed by atoms with van der Waals surface area (Å²) in [6.07, 6.45) is 4.94. The van der Waals surface area contributed by atoms with E-state index in [0.29, 0.717) is 18.8 Å². The Morgan fingerprint density at radius 1 is 1.03 bits per heavy atom. The minimum Gasteiger partial charge on any atom is -0.325 e. The van der Waals surface area contributed by atoms with Gasteiger partial charge in [0.1, 0.15) is 5.01 Å². The topological polar surface area (TPSA) is 82.6 Å². The normalized spacial score (nSPS) is 20.3. The van der Waals surface area contributed by atoms with E-state index in [1.165, 1.54) is 9.01 Å². The first kappa shape index (κ1) is 22.5. The Balaban J connectivity index is 1.29. The molecule has 5 rings (SSSR count). The third kappa shape index (κ3) is 4.82. The molecule has 0 aliphatic carbocycles. The van der Waals surface area contributed by atoms with Crippen LogP contribution in [-0.2, 0) is 14.8 Å². The molecule has 2 aromatic carbocycles. The Hall–Kier alpha value is -2.33. The fourth-order valence-corrected chi connectivity index (χ4v) is 7.39. The molecule has 0 saturated carbocycles. The van der Waals surface area contributed by atoms with Crippen molar-refractivity contribution in [1.82, 2.24) is 14.2 Å². The predicted molar refractivity (Wildman–Crippen MR) is 131 cm³/mol. The van der Waals surface area contributed by atoms with Crippen LogP contribution in [0.3, 0.4) is 0 Å². The minimum atomic E-state index is -3.52. The van der Waals surface area contributed by atoms with Crippen molar-refractivity contribution >= 4 is 43.2 Å². The number of piperidine rings is 1. The van der Waals surface area contributed by atoms with Crippen molar-refractivity contribution in [1.29, 1.82) is 0 Å². The van der Waals surface area contributed by atoms with Crippen LogP contribution in [0.15, 0.2) is 53.4 Å². The summed E-state index contributed by atoms with van der Waals surface area (Å²) in [7, 11) is -3.52. The lowest BCUT2D eigenvalue weighted by Gasteiger charge is -2.33. The molecule has 3 aromatic rings. The molecule has 0 spiro atoms. The molecule has 3 heterocycles. The molecular weight excluding hydrogens is 456 g/mol. The predicted octanol–water partition coefficient (Wildman–Crippen LogP) is 4.25. The first-order valence-corrected chi connectivity index (χ1v) is 13.8. The van der Waals surface area contributed by atoms with Gasteiger partial charge < -0.3 is 5.32 Å². The van der Waals surface area contributed by atoms with Gasteiger partial charge in [-0.05, 0) is 62.6 Å². The highest BCUT2D eigenvalue weighted by molar-refractivity contribution is 7.89. The number of hydrogen-bond acceptors (Lipinski definition) is 6. The van der Waals surface area contributed by atoms with Crippen LogP contribution in [-0.4, -0.2) is 54.7 Å². The third-order valence-electron chi connectivity index (χ3n) is 6.38. The number of carbonyl (C=O) groups is 1. The highest BCUT2D eigenvalue weighted by Gasteiger charge is 2.29. The number of benzene rings is 2. The fourth-order valence-electron chi connectivity index (χ4n) is 4.69. The van der Waals surface area contributed by atoms with Crippen molar-refractivity contribution in [3.05, 3.63) is 53.5 Å². The smallest absolute Gasteiger partial charge is 0.243 e. The van der Waals surface area contributed by atoms with Crippen molar-refractivity contribution in [3.8, 4) is 0 Å². The summed E-state index contributed by atoms with van der Waals surface area (Å²) < 4.78 is 28.4. The number of carbonyl (C=O) groups excluding carboxylic acids is 1. The van der Waals surface area contributed by atoms with Crippen LogP contribution in [0.2, 0.25) is 0 Å². The van der Waals surface area contributed by atoms with Crippen molar-refractivity contribution in [2.24, 2.45) is 0 Å². The highest BCUT2D eigenvalue weighted by atomic mass is 32.2. The molecule has 1 atom stereocenters. The zero-order valence-corrected chi connectivity index (χ0v) is 20.1. The lowest BCUT2D eigenvalue weighted by molar-refractivity contribution is -0.118. The summed E-state index contributed by atoms with van der Waals surface area (Å²) in [4.78, 5) is 20.2. The second kappa shape index (κ2) is 9.50. The van der Waals surface area contributed by atoms with Gasteiger partial charge in [0.25, 0.3) is 0 Å². The molecule has 2 aliphatic heterocycles. The Morgan fingerprint density at radius 2 is 1.82 bits per heavy atom. The lowest BCUT2D eigenvalue weighted by Crippen LogP contribution is -2.39. The van der Waals surface area contributed by atoms with Gasteiger partial charge in [-0.1, -0.05) is 24.6 Å². The van der Waals surface area contributed by atoms with Gasteiger partial charge in [-0.2, -0.15) is 4.31 Å². The zero-order valence-electron chi connectivity index (χ0n) is 18.4. The van der Waals surface area contributed by atoms with Crippen molar-refractivity contribution in [2.45, 2.75) is 43.0 Å². The summed E-state index contributed by atoms with van der Waals surface area (Å²) in [6.45, 7) is 2.21. The molecule has 9 heteroatoms. The van der Waals surface area contributed by atoms with Crippen LogP contribution < -0.4 is 5.32 Å². The van der Waals surface area contributed by atoms with Crippen LogP contribution >= 0.6 is 11.3 Å². The average Bonchev–Trinajstić information content (AvgIpc) is 3.50. The lowest BCUT2D eigenvalue weighted by atomic mass is 10.0. The quantitative estimate of drug-likeness (QED) is 0.566. The van der Waals surface area contributed by atoms with E-state index in [0.717, 1.165) is 49.2 Å². The summed E-state index contributed by atoms with van der Waals surface area (Å²) in [6, 6.07) is 14.8. The molecule has 2 fully saturated rings. The van der Waals surface area contributed by atoms with Gasteiger partial charge in [-0.3, -0.25) is 9.69 Å². The fraction of sp³-hybridized carbons (Fsp3) is 0.417. The second-order valence-electron chi connectivity index (χ2n) is 8.69. The molecule has 0 bridgehead atoms. The number of anilines is 1. The van der Waals surface area contributed by atoms with E-state index in [9.17, 15) is 13.2 Å². The maximum atomic E-state index is 12.9.